The molecule has 100 valence electrons. The van der Waals surface area contributed by atoms with Gasteiger partial charge in [-0.2, -0.15) is 5.26 Å². The maximum Gasteiger partial charge on any atom is 0.352 e. The molecule has 6 nitrogen and oxygen atoms in total. The number of nitrogens with one attached hydrogen (secondary N) is 1. The molecular weight excluding hydrogens is 248 g/mol. The summed E-state index contributed by atoms with van der Waals surface area (Å²) in [5.74, 6) is -1.82. The summed E-state index contributed by atoms with van der Waals surface area (Å²) in [5.41, 5.74) is 1.53. The zero-order chi connectivity index (χ0) is 14.6. The molecule has 2 N–H and O–H groups in total. The number of ether oxygens (including phenoxy) is 1. The molecular formula is C13H14N2O4. The minimum atomic E-state index is -1.09. The van der Waals surface area contributed by atoms with E-state index >= 15 is 0 Å². The molecule has 0 fully saturated rings. The van der Waals surface area contributed by atoms with E-state index in [1.807, 2.05) is 0 Å². The van der Waals surface area contributed by atoms with Gasteiger partial charge >= 0.3 is 11.9 Å². The molecule has 1 aromatic heterocycles. The van der Waals surface area contributed by atoms with Crippen LogP contribution in [0.4, 0.5) is 0 Å². The monoisotopic (exact) mass is 262 g/mol. The lowest BCUT2D eigenvalue weighted by molar-refractivity contribution is -0.137. The lowest BCUT2D eigenvalue weighted by Gasteiger charge is -1.99. The zero-order valence-electron chi connectivity index (χ0n) is 10.9. The van der Waals surface area contributed by atoms with Gasteiger partial charge in [0.2, 0.25) is 0 Å². The largest absolute Gasteiger partial charge is 0.477 e. The predicted molar refractivity (Wildman–Crippen MR) is 67.4 cm³/mol. The molecule has 0 aliphatic rings. The van der Waals surface area contributed by atoms with Gasteiger partial charge in [0.15, 0.2) is 0 Å². The van der Waals surface area contributed by atoms with Crippen molar-refractivity contribution in [1.29, 1.82) is 5.26 Å². The quantitative estimate of drug-likeness (QED) is 0.489. The van der Waals surface area contributed by atoms with Crippen LogP contribution >= 0.6 is 0 Å². The Morgan fingerprint density at radius 3 is 2.47 bits per heavy atom. The number of carboxylic acid groups (broad SMARTS) is 1. The van der Waals surface area contributed by atoms with Crippen LogP contribution in [0.1, 0.15) is 34.2 Å². The molecule has 0 spiro atoms. The Balaban J connectivity index is 3.24. The Hall–Kier alpha value is -2.55. The van der Waals surface area contributed by atoms with E-state index in [2.05, 4.69) is 4.98 Å². The molecule has 1 aromatic rings. The molecule has 6 heteroatoms. The highest BCUT2D eigenvalue weighted by atomic mass is 16.5. The first-order valence-electron chi connectivity index (χ1n) is 5.63. The number of hydrogen-bond donors (Lipinski definition) is 2. The van der Waals surface area contributed by atoms with E-state index in [4.69, 9.17) is 15.1 Å². The number of hydrogen-bond acceptors (Lipinski definition) is 4. The molecule has 1 rings (SSSR count). The van der Waals surface area contributed by atoms with E-state index in [0.717, 1.165) is 0 Å². The molecule has 0 aromatic carbocycles. The number of carboxylic acids is 1. The van der Waals surface area contributed by atoms with Gasteiger partial charge < -0.3 is 14.8 Å². The summed E-state index contributed by atoms with van der Waals surface area (Å²) in [7, 11) is 0. The summed E-state index contributed by atoms with van der Waals surface area (Å²) in [6.07, 6.45) is 1.30. The second-order valence-corrected chi connectivity index (χ2v) is 3.86. The number of carbonyl (C=O) groups is 2. The second-order valence-electron chi connectivity index (χ2n) is 3.86. The van der Waals surface area contributed by atoms with Crippen LogP contribution in [-0.2, 0) is 9.53 Å². The number of aromatic amines is 1. The normalized spacial score (nSPS) is 10.9. The van der Waals surface area contributed by atoms with Gasteiger partial charge in [-0.3, -0.25) is 0 Å². The zero-order valence-corrected chi connectivity index (χ0v) is 10.9. The molecule has 0 aliphatic carbocycles. The highest BCUT2D eigenvalue weighted by molar-refractivity contribution is 5.98. The van der Waals surface area contributed by atoms with Gasteiger partial charge in [0.1, 0.15) is 17.3 Å². The first-order valence-corrected chi connectivity index (χ1v) is 5.63. The molecule has 0 radical (unpaired) electrons. The molecule has 0 amide bonds. The third-order valence-corrected chi connectivity index (χ3v) is 2.72. The molecule has 0 unspecified atom stereocenters. The van der Waals surface area contributed by atoms with Gasteiger partial charge in [0.05, 0.1) is 6.61 Å². The Labute approximate surface area is 110 Å². The average Bonchev–Trinajstić information content (AvgIpc) is 2.64. The highest BCUT2D eigenvalue weighted by Crippen LogP contribution is 2.20. The van der Waals surface area contributed by atoms with Crippen LogP contribution in [0.25, 0.3) is 6.08 Å². The molecule has 0 saturated carbocycles. The molecule has 0 atom stereocenters. The van der Waals surface area contributed by atoms with E-state index in [-0.39, 0.29) is 17.9 Å². The lowest BCUT2D eigenvalue weighted by atomic mass is 10.1. The Bertz CT molecular complexity index is 591. The summed E-state index contributed by atoms with van der Waals surface area (Å²) in [5, 5.41) is 17.9. The Kier molecular flexibility index (Phi) is 4.48. The van der Waals surface area contributed by atoms with Crippen molar-refractivity contribution < 1.29 is 19.4 Å². The number of aromatic carboxylic acids is 1. The van der Waals surface area contributed by atoms with E-state index in [9.17, 15) is 9.59 Å². The fraction of sp³-hybridized carbons (Fsp3) is 0.308. The Morgan fingerprint density at radius 1 is 1.42 bits per heavy atom. The van der Waals surface area contributed by atoms with E-state index < -0.39 is 11.9 Å². The predicted octanol–water partition coefficient (Wildman–Crippen LogP) is 1.80. The molecule has 1 heterocycles. The van der Waals surface area contributed by atoms with Crippen molar-refractivity contribution in [3.8, 4) is 6.07 Å². The first kappa shape index (κ1) is 14.5. The maximum absolute atomic E-state index is 11.5. The maximum atomic E-state index is 11.5. The third-order valence-electron chi connectivity index (χ3n) is 2.72. The average molecular weight is 262 g/mol. The SMILES string of the molecule is CCOC(=O)C(C#N)=Cc1[nH]c(C(=O)O)c(C)c1C. The van der Waals surface area contributed by atoms with Gasteiger partial charge in [0.25, 0.3) is 0 Å². The topological polar surface area (TPSA) is 103 Å². The van der Waals surface area contributed by atoms with E-state index in [1.54, 1.807) is 26.8 Å². The van der Waals surface area contributed by atoms with Crippen molar-refractivity contribution in [2.45, 2.75) is 20.8 Å². The minimum absolute atomic E-state index is 0.0462. The fourth-order valence-electron chi connectivity index (χ4n) is 1.56. The summed E-state index contributed by atoms with van der Waals surface area (Å²) in [4.78, 5) is 25.1. The number of nitrogens with zero attached hydrogens (tertiary/aromatic N) is 1. The molecule has 0 bridgehead atoms. The smallest absolute Gasteiger partial charge is 0.352 e. The van der Waals surface area contributed by atoms with E-state index in [0.29, 0.717) is 16.8 Å². The van der Waals surface area contributed by atoms with Crippen LogP contribution in [-0.4, -0.2) is 28.6 Å². The van der Waals surface area contributed by atoms with Crippen LogP contribution in [0.15, 0.2) is 5.57 Å². The number of H-pyrrole nitrogens is 1. The Morgan fingerprint density at radius 2 is 2.05 bits per heavy atom. The van der Waals surface area contributed by atoms with Crippen LogP contribution in [0.5, 0.6) is 0 Å². The number of rotatable bonds is 4. The summed E-state index contributed by atoms with van der Waals surface area (Å²) >= 11 is 0. The van der Waals surface area contributed by atoms with Crippen LogP contribution in [0.3, 0.4) is 0 Å². The number of nitriles is 1. The highest BCUT2D eigenvalue weighted by Gasteiger charge is 2.17. The number of carbonyl (C=O) groups excluding carboxylic acids is 1. The third kappa shape index (κ3) is 3.01. The van der Waals surface area contributed by atoms with Crippen molar-refractivity contribution in [3.05, 3.63) is 28.1 Å². The van der Waals surface area contributed by atoms with Gasteiger partial charge in [-0.05, 0) is 38.0 Å². The van der Waals surface area contributed by atoms with Gasteiger partial charge in [0, 0.05) is 5.69 Å². The molecule has 19 heavy (non-hydrogen) atoms. The van der Waals surface area contributed by atoms with E-state index in [1.165, 1.54) is 6.08 Å². The van der Waals surface area contributed by atoms with Crippen LogP contribution in [0.2, 0.25) is 0 Å². The summed E-state index contributed by atoms with van der Waals surface area (Å²) in [6, 6.07) is 1.74. The number of esters is 1. The van der Waals surface area contributed by atoms with Gasteiger partial charge in [-0.1, -0.05) is 0 Å². The minimum Gasteiger partial charge on any atom is -0.477 e. The van der Waals surface area contributed by atoms with Gasteiger partial charge in [-0.25, -0.2) is 9.59 Å². The van der Waals surface area contributed by atoms with Crippen LogP contribution in [0, 0.1) is 25.2 Å². The van der Waals surface area contributed by atoms with Crippen molar-refractivity contribution in [1.82, 2.24) is 4.98 Å². The lowest BCUT2D eigenvalue weighted by Crippen LogP contribution is -2.06. The molecule has 0 aliphatic heterocycles. The van der Waals surface area contributed by atoms with Crippen molar-refractivity contribution in [2.75, 3.05) is 6.61 Å². The molecule has 0 saturated heterocycles. The van der Waals surface area contributed by atoms with Crippen molar-refractivity contribution in [2.24, 2.45) is 0 Å². The second kappa shape index (κ2) is 5.87. The summed E-state index contributed by atoms with van der Waals surface area (Å²) in [6.45, 7) is 5.17. The number of aromatic nitrogens is 1. The standard InChI is InChI=1S/C13H14N2O4/c1-4-19-13(18)9(6-14)5-10-7(2)8(3)11(15-10)12(16)17/h5,15H,4H2,1-3H3,(H,16,17). The summed E-state index contributed by atoms with van der Waals surface area (Å²) < 4.78 is 4.73. The van der Waals surface area contributed by atoms with Crippen molar-refractivity contribution >= 4 is 18.0 Å². The van der Waals surface area contributed by atoms with Gasteiger partial charge in [-0.15, -0.1) is 0 Å². The van der Waals surface area contributed by atoms with Crippen molar-refractivity contribution in [3.63, 3.8) is 0 Å². The first-order chi connectivity index (χ1) is 8.92. The fourth-order valence-corrected chi connectivity index (χ4v) is 1.56. The van der Waals surface area contributed by atoms with Crippen LogP contribution < -0.4 is 0 Å².